The summed E-state index contributed by atoms with van der Waals surface area (Å²) in [6.45, 7) is 3.44. The number of alkyl halides is 2. The third kappa shape index (κ3) is 4.33. The highest BCUT2D eigenvalue weighted by atomic mass is 19.1. The van der Waals surface area contributed by atoms with Gasteiger partial charge in [0.1, 0.15) is 12.3 Å². The highest BCUT2D eigenvalue weighted by molar-refractivity contribution is 6.00. The van der Waals surface area contributed by atoms with Crippen LogP contribution in [0.5, 0.6) is 0 Å². The molecule has 0 aromatic heterocycles. The smallest absolute Gasteiger partial charge is 0.247 e. The molecule has 2 aliphatic carbocycles. The maximum absolute atomic E-state index is 14.4. The highest BCUT2D eigenvalue weighted by Gasteiger charge is 2.45. The lowest BCUT2D eigenvalue weighted by Crippen LogP contribution is -2.53. The molecule has 2 saturated carbocycles. The molecule has 8 heteroatoms. The molecule has 1 heterocycles. The molecule has 6 nitrogen and oxygen atoms in total. The van der Waals surface area contributed by atoms with Crippen molar-refractivity contribution in [3.05, 3.63) is 11.1 Å². The van der Waals surface area contributed by atoms with Crippen LogP contribution in [-0.2, 0) is 9.59 Å². The highest BCUT2D eigenvalue weighted by Crippen LogP contribution is 2.40. The second-order valence-corrected chi connectivity index (χ2v) is 8.87. The molecular formula is C22H28F2N4O2. The molecule has 2 fully saturated rings. The predicted molar refractivity (Wildman–Crippen MR) is 105 cm³/mol. The van der Waals surface area contributed by atoms with Crippen LogP contribution >= 0.6 is 0 Å². The maximum atomic E-state index is 14.4. The number of nitriles is 2. The van der Waals surface area contributed by atoms with Crippen LogP contribution in [0.2, 0.25) is 0 Å². The van der Waals surface area contributed by atoms with Crippen molar-refractivity contribution in [2.24, 2.45) is 23.7 Å². The van der Waals surface area contributed by atoms with E-state index in [0.29, 0.717) is 24.8 Å². The fraction of sp³-hybridized carbons (Fsp3) is 0.727. The number of nitrogens with one attached hydrogen (secondary N) is 2. The van der Waals surface area contributed by atoms with E-state index >= 15 is 0 Å². The molecule has 8 atom stereocenters. The van der Waals surface area contributed by atoms with Crippen molar-refractivity contribution >= 4 is 11.8 Å². The number of fused-ring (bicyclic) bond motifs is 1. The largest absolute Gasteiger partial charge is 0.353 e. The van der Waals surface area contributed by atoms with Crippen LogP contribution in [-0.4, -0.2) is 36.2 Å². The summed E-state index contributed by atoms with van der Waals surface area (Å²) < 4.78 is 28.7. The van der Waals surface area contributed by atoms with Gasteiger partial charge in [0.2, 0.25) is 11.8 Å². The molecule has 0 radical (unpaired) electrons. The molecule has 0 saturated heterocycles. The summed E-state index contributed by atoms with van der Waals surface area (Å²) >= 11 is 0. The molecule has 0 bridgehead atoms. The predicted octanol–water partition coefficient (Wildman–Crippen LogP) is 2.86. The normalized spacial score (nSPS) is 37.3. The summed E-state index contributed by atoms with van der Waals surface area (Å²) in [6, 6.07) is 3.42. The second kappa shape index (κ2) is 9.12. The molecule has 2 amide bonds. The van der Waals surface area contributed by atoms with E-state index in [1.807, 2.05) is 6.07 Å². The van der Waals surface area contributed by atoms with Crippen LogP contribution in [0, 0.1) is 46.3 Å². The van der Waals surface area contributed by atoms with Crippen LogP contribution < -0.4 is 10.6 Å². The summed E-state index contributed by atoms with van der Waals surface area (Å²) in [5.41, 5.74) is 0.860. The van der Waals surface area contributed by atoms with E-state index in [0.717, 1.165) is 0 Å². The average molecular weight is 418 g/mol. The topological polar surface area (TPSA) is 106 Å². The Balaban J connectivity index is 1.68. The summed E-state index contributed by atoms with van der Waals surface area (Å²) in [4.78, 5) is 25.2. The zero-order chi connectivity index (χ0) is 22.0. The molecule has 1 aliphatic heterocycles. The van der Waals surface area contributed by atoms with Crippen LogP contribution in [0.3, 0.4) is 0 Å². The third-order valence-corrected chi connectivity index (χ3v) is 7.05. The first-order valence-corrected chi connectivity index (χ1v) is 10.6. The van der Waals surface area contributed by atoms with Gasteiger partial charge in [-0.1, -0.05) is 5.57 Å². The third-order valence-electron chi connectivity index (χ3n) is 7.05. The monoisotopic (exact) mass is 418 g/mol. The first-order chi connectivity index (χ1) is 14.3. The van der Waals surface area contributed by atoms with E-state index in [4.69, 9.17) is 5.26 Å². The minimum atomic E-state index is -1.25. The average Bonchev–Trinajstić information content (AvgIpc) is 2.71. The van der Waals surface area contributed by atoms with Gasteiger partial charge in [-0.15, -0.1) is 0 Å². The lowest BCUT2D eigenvalue weighted by atomic mass is 9.69. The summed E-state index contributed by atoms with van der Waals surface area (Å²) in [6.07, 6.45) is -0.584. The van der Waals surface area contributed by atoms with Crippen molar-refractivity contribution in [1.82, 2.24) is 10.6 Å². The molecule has 7 unspecified atom stereocenters. The minimum absolute atomic E-state index is 0.178. The van der Waals surface area contributed by atoms with Gasteiger partial charge in [0, 0.05) is 35.4 Å². The van der Waals surface area contributed by atoms with Gasteiger partial charge in [-0.05, 0) is 46.0 Å². The summed E-state index contributed by atoms with van der Waals surface area (Å²) in [5, 5.41) is 24.0. The van der Waals surface area contributed by atoms with E-state index in [-0.39, 0.29) is 48.6 Å². The Morgan fingerprint density at radius 2 is 1.93 bits per heavy atom. The van der Waals surface area contributed by atoms with Crippen LogP contribution in [0.25, 0.3) is 0 Å². The van der Waals surface area contributed by atoms with Crippen molar-refractivity contribution in [2.45, 2.75) is 76.8 Å². The Morgan fingerprint density at radius 1 is 1.20 bits per heavy atom. The van der Waals surface area contributed by atoms with Gasteiger partial charge in [-0.25, -0.2) is 8.78 Å². The van der Waals surface area contributed by atoms with Crippen molar-refractivity contribution in [2.75, 3.05) is 0 Å². The zero-order valence-electron chi connectivity index (χ0n) is 17.3. The van der Waals surface area contributed by atoms with E-state index in [1.165, 1.54) is 0 Å². The van der Waals surface area contributed by atoms with Gasteiger partial charge < -0.3 is 10.6 Å². The number of hydrogen-bond donors (Lipinski definition) is 2. The van der Waals surface area contributed by atoms with E-state index < -0.39 is 36.1 Å². The number of nitrogens with zero attached hydrogens (tertiary/aromatic N) is 2. The number of carbonyl (C=O) groups is 2. The van der Waals surface area contributed by atoms with Crippen molar-refractivity contribution in [1.29, 1.82) is 10.5 Å². The Morgan fingerprint density at radius 3 is 2.57 bits per heavy atom. The van der Waals surface area contributed by atoms with Crippen molar-refractivity contribution < 1.29 is 18.4 Å². The summed E-state index contributed by atoms with van der Waals surface area (Å²) in [7, 11) is 0. The van der Waals surface area contributed by atoms with Crippen molar-refractivity contribution in [3.8, 4) is 12.1 Å². The molecule has 162 valence electrons. The van der Waals surface area contributed by atoms with Crippen LogP contribution in [0.1, 0.15) is 52.4 Å². The van der Waals surface area contributed by atoms with Crippen LogP contribution in [0.4, 0.5) is 8.78 Å². The maximum Gasteiger partial charge on any atom is 0.247 e. The number of amides is 2. The first-order valence-electron chi connectivity index (χ1n) is 10.6. The molecule has 0 spiro atoms. The molecule has 3 aliphatic rings. The van der Waals surface area contributed by atoms with Gasteiger partial charge in [-0.2, -0.15) is 10.5 Å². The van der Waals surface area contributed by atoms with Gasteiger partial charge in [0.15, 0.2) is 0 Å². The fourth-order valence-electron chi connectivity index (χ4n) is 5.31. The molecule has 3 rings (SSSR count). The molecular weight excluding hydrogens is 390 g/mol. The van der Waals surface area contributed by atoms with Gasteiger partial charge in [-0.3, -0.25) is 9.59 Å². The van der Waals surface area contributed by atoms with E-state index in [2.05, 4.69) is 16.7 Å². The quantitative estimate of drug-likeness (QED) is 0.732. The number of rotatable bonds is 4. The fourth-order valence-corrected chi connectivity index (χ4v) is 5.31. The van der Waals surface area contributed by atoms with Crippen LogP contribution in [0.15, 0.2) is 11.1 Å². The SMILES string of the molecule is CC1=C(CC(=O)N[C@@H](C)C2CCC(C#N)CC2F)C(=O)NC2CCC(F)C(C#N)C12. The Hall–Kier alpha value is -2.48. The molecule has 0 aromatic rings. The van der Waals surface area contributed by atoms with Crippen molar-refractivity contribution in [3.63, 3.8) is 0 Å². The lowest BCUT2D eigenvalue weighted by Gasteiger charge is -2.42. The van der Waals surface area contributed by atoms with Gasteiger partial charge in [0.25, 0.3) is 0 Å². The number of hydrogen-bond acceptors (Lipinski definition) is 4. The zero-order valence-corrected chi connectivity index (χ0v) is 17.3. The van der Waals surface area contributed by atoms with Gasteiger partial charge in [0.05, 0.1) is 24.5 Å². The first kappa shape index (κ1) is 22.2. The van der Waals surface area contributed by atoms with E-state index in [9.17, 15) is 23.6 Å². The molecule has 2 N–H and O–H groups in total. The molecule has 0 aromatic carbocycles. The number of halogens is 2. The van der Waals surface area contributed by atoms with Gasteiger partial charge >= 0.3 is 0 Å². The summed E-state index contributed by atoms with van der Waals surface area (Å²) in [5.74, 6) is -2.69. The Bertz CT molecular complexity index is 815. The second-order valence-electron chi connectivity index (χ2n) is 8.87. The van der Waals surface area contributed by atoms with E-state index in [1.54, 1.807) is 13.8 Å². The standard InChI is InChI=1S/C22H28F2N4O2/c1-11-15(22(30)28-19-6-5-17(23)16(10-26)21(11)19)8-20(29)27-12(2)14-4-3-13(9-25)7-18(14)24/h12-14,16-19,21H,3-8H2,1-2H3,(H,27,29)(H,28,30)/t12-,13?,14?,16?,17?,18?,19?,21?/m0/s1. The molecule has 30 heavy (non-hydrogen) atoms. The number of carbonyl (C=O) groups excluding carboxylic acids is 2. The lowest BCUT2D eigenvalue weighted by molar-refractivity contribution is -0.125. The Kier molecular flexibility index (Phi) is 6.75. The minimum Gasteiger partial charge on any atom is -0.353 e. The Labute approximate surface area is 175 Å².